The first-order chi connectivity index (χ1) is 14.6. The van der Waals surface area contributed by atoms with Gasteiger partial charge < -0.3 is 19.5 Å². The Bertz CT molecular complexity index is 1090. The van der Waals surface area contributed by atoms with Crippen LogP contribution in [0.15, 0.2) is 66.7 Å². The van der Waals surface area contributed by atoms with Crippen molar-refractivity contribution in [3.63, 3.8) is 0 Å². The van der Waals surface area contributed by atoms with Crippen LogP contribution in [0, 0.1) is 11.3 Å². The highest BCUT2D eigenvalue weighted by Crippen LogP contribution is 2.32. The van der Waals surface area contributed by atoms with E-state index in [4.69, 9.17) is 19.5 Å². The predicted molar refractivity (Wildman–Crippen MR) is 113 cm³/mol. The van der Waals surface area contributed by atoms with Crippen LogP contribution < -0.4 is 19.5 Å². The molecule has 0 aliphatic carbocycles. The molecule has 1 atom stereocenters. The molecule has 0 unspecified atom stereocenters. The van der Waals surface area contributed by atoms with Crippen molar-refractivity contribution in [1.82, 2.24) is 0 Å². The van der Waals surface area contributed by atoms with E-state index in [9.17, 15) is 4.79 Å². The molecule has 0 aromatic heterocycles. The summed E-state index contributed by atoms with van der Waals surface area (Å²) < 4.78 is 16.8. The molecule has 6 nitrogen and oxygen atoms in total. The number of hydrogen-bond acceptors (Lipinski definition) is 5. The Morgan fingerprint density at radius 3 is 2.27 bits per heavy atom. The summed E-state index contributed by atoms with van der Waals surface area (Å²) >= 11 is 0. The van der Waals surface area contributed by atoms with Crippen molar-refractivity contribution in [2.24, 2.45) is 0 Å². The Morgan fingerprint density at radius 1 is 0.967 bits per heavy atom. The number of nitrogens with one attached hydrogen (secondary N) is 1. The van der Waals surface area contributed by atoms with Gasteiger partial charge in [-0.2, -0.15) is 5.26 Å². The number of rotatable bonds is 5. The molecule has 6 heteroatoms. The smallest absolute Gasteiger partial charge is 0.265 e. The second-order valence-electron chi connectivity index (χ2n) is 6.82. The number of hydrogen-bond donors (Lipinski definition) is 1. The van der Waals surface area contributed by atoms with Gasteiger partial charge in [0.1, 0.15) is 19.0 Å². The van der Waals surface area contributed by atoms with E-state index in [2.05, 4.69) is 11.4 Å². The van der Waals surface area contributed by atoms with Crippen LogP contribution in [0.5, 0.6) is 17.2 Å². The molecule has 0 saturated carbocycles. The van der Waals surface area contributed by atoms with Gasteiger partial charge in [-0.1, -0.05) is 24.3 Å². The van der Waals surface area contributed by atoms with Gasteiger partial charge >= 0.3 is 0 Å². The second-order valence-corrected chi connectivity index (χ2v) is 6.82. The molecule has 1 N–H and O–H groups in total. The molecule has 4 rings (SSSR count). The summed E-state index contributed by atoms with van der Waals surface area (Å²) in [6.45, 7) is 2.71. The molecule has 0 spiro atoms. The molecule has 150 valence electrons. The molecule has 1 amide bonds. The molecule has 1 aliphatic rings. The monoisotopic (exact) mass is 400 g/mol. The Balaban J connectivity index is 1.37. The molecule has 0 bridgehead atoms. The van der Waals surface area contributed by atoms with E-state index >= 15 is 0 Å². The molecular weight excluding hydrogens is 380 g/mol. The van der Waals surface area contributed by atoms with Crippen molar-refractivity contribution < 1.29 is 19.0 Å². The number of benzene rings is 3. The zero-order valence-electron chi connectivity index (χ0n) is 16.4. The maximum absolute atomic E-state index is 12.5. The second kappa shape index (κ2) is 8.58. The standard InChI is InChI=1S/C24H20N2O4/c1-16(24(27)26-20-8-11-22-23(14-20)29-13-12-28-22)30-21-9-6-19(7-10-21)18-4-2-17(15-25)3-5-18/h2-11,14,16H,12-13H2,1H3,(H,26,27)/t16-/m0/s1. The molecule has 1 aliphatic heterocycles. The highest BCUT2D eigenvalue weighted by Gasteiger charge is 2.17. The van der Waals surface area contributed by atoms with Gasteiger partial charge in [0.15, 0.2) is 17.6 Å². The largest absolute Gasteiger partial charge is 0.486 e. The van der Waals surface area contributed by atoms with Gasteiger partial charge in [0, 0.05) is 11.8 Å². The van der Waals surface area contributed by atoms with Crippen molar-refractivity contribution >= 4 is 11.6 Å². The third-order valence-corrected chi connectivity index (χ3v) is 4.69. The van der Waals surface area contributed by atoms with Gasteiger partial charge in [-0.05, 0) is 54.4 Å². The number of fused-ring (bicyclic) bond motifs is 1. The van der Waals surface area contributed by atoms with Crippen molar-refractivity contribution in [2.45, 2.75) is 13.0 Å². The fourth-order valence-corrected chi connectivity index (χ4v) is 3.09. The van der Waals surface area contributed by atoms with Crippen LogP contribution in [0.3, 0.4) is 0 Å². The first kappa shape index (κ1) is 19.3. The van der Waals surface area contributed by atoms with E-state index in [1.807, 2.05) is 36.4 Å². The lowest BCUT2D eigenvalue weighted by molar-refractivity contribution is -0.122. The van der Waals surface area contributed by atoms with E-state index < -0.39 is 6.10 Å². The lowest BCUT2D eigenvalue weighted by Crippen LogP contribution is -2.30. The van der Waals surface area contributed by atoms with E-state index in [-0.39, 0.29) is 5.91 Å². The zero-order chi connectivity index (χ0) is 20.9. The molecular formula is C24H20N2O4. The van der Waals surface area contributed by atoms with Crippen LogP contribution in [-0.2, 0) is 4.79 Å². The summed E-state index contributed by atoms with van der Waals surface area (Å²) in [6, 6.07) is 22.2. The number of carbonyl (C=O) groups excluding carboxylic acids is 1. The Morgan fingerprint density at radius 2 is 1.60 bits per heavy atom. The van der Waals surface area contributed by atoms with Gasteiger partial charge in [-0.15, -0.1) is 0 Å². The van der Waals surface area contributed by atoms with Crippen molar-refractivity contribution in [3.8, 4) is 34.4 Å². The maximum atomic E-state index is 12.5. The van der Waals surface area contributed by atoms with Crippen LogP contribution in [0.1, 0.15) is 12.5 Å². The number of ether oxygens (including phenoxy) is 3. The summed E-state index contributed by atoms with van der Waals surface area (Å²) in [6.07, 6.45) is -0.682. The van der Waals surface area contributed by atoms with Gasteiger partial charge in [-0.25, -0.2) is 0 Å². The summed E-state index contributed by atoms with van der Waals surface area (Å²) in [7, 11) is 0. The fraction of sp³-hybridized carbons (Fsp3) is 0.167. The molecule has 3 aromatic carbocycles. The van der Waals surface area contributed by atoms with Crippen LogP contribution in [0.25, 0.3) is 11.1 Å². The number of amides is 1. The quantitative estimate of drug-likeness (QED) is 0.686. The van der Waals surface area contributed by atoms with E-state index in [0.717, 1.165) is 11.1 Å². The minimum absolute atomic E-state index is 0.261. The lowest BCUT2D eigenvalue weighted by atomic mass is 10.0. The molecule has 0 fully saturated rings. The first-order valence-corrected chi connectivity index (χ1v) is 9.60. The summed E-state index contributed by atoms with van der Waals surface area (Å²) in [5, 5.41) is 11.7. The average molecular weight is 400 g/mol. The predicted octanol–water partition coefficient (Wildman–Crippen LogP) is 4.40. The molecule has 0 saturated heterocycles. The van der Waals surface area contributed by atoms with Crippen LogP contribution in [-0.4, -0.2) is 25.2 Å². The minimum atomic E-state index is -0.682. The summed E-state index contributed by atoms with van der Waals surface area (Å²) in [5.41, 5.74) is 3.25. The van der Waals surface area contributed by atoms with Gasteiger partial charge in [0.2, 0.25) is 0 Å². The molecule has 0 radical (unpaired) electrons. The topological polar surface area (TPSA) is 80.6 Å². The minimum Gasteiger partial charge on any atom is -0.486 e. The molecule has 30 heavy (non-hydrogen) atoms. The van der Waals surface area contributed by atoms with Crippen LogP contribution >= 0.6 is 0 Å². The maximum Gasteiger partial charge on any atom is 0.265 e. The summed E-state index contributed by atoms with van der Waals surface area (Å²) in [4.78, 5) is 12.5. The van der Waals surface area contributed by atoms with Crippen molar-refractivity contribution in [2.75, 3.05) is 18.5 Å². The lowest BCUT2D eigenvalue weighted by Gasteiger charge is -2.20. The first-order valence-electron chi connectivity index (χ1n) is 9.60. The third kappa shape index (κ3) is 4.36. The zero-order valence-corrected chi connectivity index (χ0v) is 16.4. The van der Waals surface area contributed by atoms with Gasteiger partial charge in [-0.3, -0.25) is 4.79 Å². The SMILES string of the molecule is C[C@H](Oc1ccc(-c2ccc(C#N)cc2)cc1)C(=O)Nc1ccc2c(c1)OCCO2. The van der Waals surface area contributed by atoms with E-state index in [1.165, 1.54) is 0 Å². The number of nitrogens with zero attached hydrogens (tertiary/aromatic N) is 1. The van der Waals surface area contributed by atoms with E-state index in [0.29, 0.717) is 41.7 Å². The Hall–Kier alpha value is -3.98. The van der Waals surface area contributed by atoms with E-state index in [1.54, 1.807) is 37.3 Å². The molecule has 3 aromatic rings. The van der Waals surface area contributed by atoms with Crippen LogP contribution in [0.4, 0.5) is 5.69 Å². The number of nitriles is 1. The highest BCUT2D eigenvalue weighted by molar-refractivity contribution is 5.94. The van der Waals surface area contributed by atoms with Gasteiger partial charge in [0.25, 0.3) is 5.91 Å². The highest BCUT2D eigenvalue weighted by atomic mass is 16.6. The number of anilines is 1. The van der Waals surface area contributed by atoms with Crippen molar-refractivity contribution in [1.29, 1.82) is 5.26 Å². The Kier molecular flexibility index (Phi) is 5.53. The normalized spacial score (nSPS) is 13.1. The average Bonchev–Trinajstić information content (AvgIpc) is 2.79. The summed E-state index contributed by atoms with van der Waals surface area (Å²) in [5.74, 6) is 1.62. The van der Waals surface area contributed by atoms with Crippen LogP contribution in [0.2, 0.25) is 0 Å². The van der Waals surface area contributed by atoms with Crippen molar-refractivity contribution in [3.05, 3.63) is 72.3 Å². The Labute approximate surface area is 174 Å². The number of carbonyl (C=O) groups is 1. The fourth-order valence-electron chi connectivity index (χ4n) is 3.09. The molecule has 1 heterocycles. The van der Waals surface area contributed by atoms with Gasteiger partial charge in [0.05, 0.1) is 11.6 Å². The third-order valence-electron chi connectivity index (χ3n) is 4.69.